The third-order valence-electron chi connectivity index (χ3n) is 3.53. The lowest BCUT2D eigenvalue weighted by atomic mass is 10.1. The Morgan fingerprint density at radius 1 is 1.23 bits per heavy atom. The maximum absolute atomic E-state index is 13.0. The van der Waals surface area contributed by atoms with Crippen LogP contribution in [0.1, 0.15) is 19.4 Å². The highest BCUT2D eigenvalue weighted by atomic mass is 32.2. The molecular weight excluding hydrogens is 377 g/mol. The van der Waals surface area contributed by atoms with E-state index in [9.17, 15) is 31.2 Å². The summed E-state index contributed by atoms with van der Waals surface area (Å²) in [6, 6.07) is 2.22. The number of hydrogen-bond donors (Lipinski definition) is 2. The summed E-state index contributed by atoms with van der Waals surface area (Å²) in [5, 5.41) is 8.84. The summed E-state index contributed by atoms with van der Waals surface area (Å²) >= 11 is 0. The van der Waals surface area contributed by atoms with Crippen molar-refractivity contribution in [2.24, 2.45) is 5.92 Å². The number of halogens is 3. The molecule has 11 heteroatoms. The summed E-state index contributed by atoms with van der Waals surface area (Å²) in [5.41, 5.74) is -1.35. The number of amides is 1. The van der Waals surface area contributed by atoms with Crippen LogP contribution in [-0.2, 0) is 25.8 Å². The first-order valence-electron chi connectivity index (χ1n) is 7.43. The Labute approximate surface area is 148 Å². The van der Waals surface area contributed by atoms with Crippen LogP contribution in [0.25, 0.3) is 0 Å². The number of nitrogens with one attached hydrogen (secondary N) is 1. The van der Waals surface area contributed by atoms with Gasteiger partial charge in [-0.15, -0.1) is 0 Å². The van der Waals surface area contributed by atoms with E-state index >= 15 is 0 Å². The number of nitrogens with zero attached hydrogens (tertiary/aromatic N) is 1. The monoisotopic (exact) mass is 396 g/mol. The van der Waals surface area contributed by atoms with Gasteiger partial charge in [-0.1, -0.05) is 19.1 Å². The van der Waals surface area contributed by atoms with Crippen molar-refractivity contribution in [1.29, 1.82) is 0 Å². The average molecular weight is 396 g/mol. The quantitative estimate of drug-likeness (QED) is 0.728. The highest BCUT2D eigenvalue weighted by Gasteiger charge is 2.37. The van der Waals surface area contributed by atoms with Gasteiger partial charge in [0, 0.05) is 13.6 Å². The predicted octanol–water partition coefficient (Wildman–Crippen LogP) is 1.55. The normalized spacial score (nSPS) is 14.5. The molecule has 2 unspecified atom stereocenters. The number of alkyl halides is 3. The van der Waals surface area contributed by atoms with E-state index in [0.29, 0.717) is 6.07 Å². The minimum Gasteiger partial charge on any atom is -0.481 e. The zero-order valence-corrected chi connectivity index (χ0v) is 15.1. The van der Waals surface area contributed by atoms with Gasteiger partial charge in [0.2, 0.25) is 15.9 Å². The van der Waals surface area contributed by atoms with E-state index in [0.717, 1.165) is 30.0 Å². The number of hydrogen-bond acceptors (Lipinski definition) is 4. The molecule has 0 aliphatic heterocycles. The summed E-state index contributed by atoms with van der Waals surface area (Å²) in [6.07, 6.45) is -4.88. The van der Waals surface area contributed by atoms with Crippen molar-refractivity contribution in [1.82, 2.24) is 9.62 Å². The summed E-state index contributed by atoms with van der Waals surface area (Å²) in [4.78, 5) is 23.0. The Hall–Kier alpha value is -2.14. The Kier molecular flexibility index (Phi) is 6.77. The van der Waals surface area contributed by atoms with Crippen LogP contribution in [-0.4, -0.2) is 49.9 Å². The maximum atomic E-state index is 13.0. The second-order valence-electron chi connectivity index (χ2n) is 5.79. The molecule has 26 heavy (non-hydrogen) atoms. The zero-order valence-electron chi connectivity index (χ0n) is 14.2. The first kappa shape index (κ1) is 21.9. The summed E-state index contributed by atoms with van der Waals surface area (Å²) in [5.74, 6) is -2.80. The number of sulfonamides is 1. The van der Waals surface area contributed by atoms with Gasteiger partial charge in [-0.05, 0) is 19.1 Å². The minimum atomic E-state index is -4.88. The highest BCUT2D eigenvalue weighted by molar-refractivity contribution is 7.89. The number of carbonyl (C=O) groups excluding carboxylic acids is 1. The van der Waals surface area contributed by atoms with E-state index in [1.807, 2.05) is 4.72 Å². The van der Waals surface area contributed by atoms with Crippen LogP contribution < -0.4 is 4.72 Å². The van der Waals surface area contributed by atoms with Gasteiger partial charge in [0.25, 0.3) is 0 Å². The molecule has 0 saturated carbocycles. The number of likely N-dealkylation sites (N-methyl/N-ethyl adjacent to an activating group) is 1. The van der Waals surface area contributed by atoms with Crippen molar-refractivity contribution < 1.29 is 36.3 Å². The molecule has 1 rings (SSSR count). The fourth-order valence-electron chi connectivity index (χ4n) is 2.19. The largest absolute Gasteiger partial charge is 0.481 e. The molecular formula is C15H19F3N2O5S. The van der Waals surface area contributed by atoms with Crippen molar-refractivity contribution in [3.8, 4) is 0 Å². The minimum absolute atomic E-state index is 0.181. The highest BCUT2D eigenvalue weighted by Crippen LogP contribution is 2.33. The molecule has 1 aromatic carbocycles. The Bertz CT molecular complexity index is 780. The molecule has 0 bridgehead atoms. The Balaban J connectivity index is 3.00. The van der Waals surface area contributed by atoms with Crippen LogP contribution >= 0.6 is 0 Å². The molecule has 146 valence electrons. The smallest absolute Gasteiger partial charge is 0.417 e. The number of rotatable bonds is 7. The van der Waals surface area contributed by atoms with E-state index in [1.54, 1.807) is 0 Å². The molecule has 0 fully saturated rings. The van der Waals surface area contributed by atoms with Crippen LogP contribution in [0, 0.1) is 5.92 Å². The van der Waals surface area contributed by atoms with Gasteiger partial charge in [-0.25, -0.2) is 8.42 Å². The SMILES string of the molecule is CC(CN(C)C(=O)C(C)NS(=O)(=O)c1ccccc1C(F)(F)F)C(=O)O. The number of carboxylic acid groups (broad SMARTS) is 1. The van der Waals surface area contributed by atoms with Gasteiger partial charge in [0.05, 0.1) is 22.4 Å². The van der Waals surface area contributed by atoms with Crippen LogP contribution in [0.15, 0.2) is 29.2 Å². The molecule has 0 saturated heterocycles. The second kappa shape index (κ2) is 8.04. The van der Waals surface area contributed by atoms with Gasteiger partial charge in [0.15, 0.2) is 0 Å². The molecule has 0 radical (unpaired) electrons. The molecule has 2 N–H and O–H groups in total. The lowest BCUT2D eigenvalue weighted by Crippen LogP contribution is -2.47. The molecule has 2 atom stereocenters. The molecule has 0 aromatic heterocycles. The third kappa shape index (κ3) is 5.43. The van der Waals surface area contributed by atoms with Crippen LogP contribution in [0.3, 0.4) is 0 Å². The number of carboxylic acids is 1. The van der Waals surface area contributed by atoms with E-state index in [2.05, 4.69) is 0 Å². The van der Waals surface area contributed by atoms with Crippen molar-refractivity contribution in [3.05, 3.63) is 29.8 Å². The fraction of sp³-hybridized carbons (Fsp3) is 0.467. The Morgan fingerprint density at radius 2 is 1.77 bits per heavy atom. The van der Waals surface area contributed by atoms with Gasteiger partial charge in [-0.3, -0.25) is 9.59 Å². The van der Waals surface area contributed by atoms with E-state index in [-0.39, 0.29) is 6.54 Å². The number of aliphatic carboxylic acids is 1. The second-order valence-corrected chi connectivity index (χ2v) is 7.48. The first-order chi connectivity index (χ1) is 11.8. The molecule has 0 spiro atoms. The fourth-order valence-corrected chi connectivity index (χ4v) is 3.62. The van der Waals surface area contributed by atoms with Gasteiger partial charge in [0.1, 0.15) is 0 Å². The van der Waals surface area contributed by atoms with E-state index in [4.69, 9.17) is 5.11 Å². The Morgan fingerprint density at radius 3 is 2.27 bits per heavy atom. The standard InChI is InChI=1S/C15H19F3N2O5S/c1-9(14(22)23)8-20(3)13(21)10(2)19-26(24,25)12-7-5-4-6-11(12)15(16,17)18/h4-7,9-10,19H,8H2,1-3H3,(H,22,23). The number of carbonyl (C=O) groups is 2. The summed E-state index contributed by atoms with van der Waals surface area (Å²) < 4.78 is 65.5. The lowest BCUT2D eigenvalue weighted by molar-refractivity contribution is -0.143. The molecule has 0 heterocycles. The summed E-state index contributed by atoms with van der Waals surface area (Å²) in [6.45, 7) is 2.35. The van der Waals surface area contributed by atoms with Crippen molar-refractivity contribution in [2.45, 2.75) is 31.0 Å². The topological polar surface area (TPSA) is 104 Å². The van der Waals surface area contributed by atoms with Crippen molar-refractivity contribution in [3.63, 3.8) is 0 Å². The first-order valence-corrected chi connectivity index (χ1v) is 8.92. The lowest BCUT2D eigenvalue weighted by Gasteiger charge is -2.24. The number of benzene rings is 1. The van der Waals surface area contributed by atoms with Crippen LogP contribution in [0.4, 0.5) is 13.2 Å². The predicted molar refractivity (Wildman–Crippen MR) is 85.7 cm³/mol. The molecule has 0 aliphatic rings. The zero-order chi connectivity index (χ0) is 20.3. The van der Waals surface area contributed by atoms with Gasteiger partial charge >= 0.3 is 12.1 Å². The maximum Gasteiger partial charge on any atom is 0.417 e. The molecule has 7 nitrogen and oxygen atoms in total. The van der Waals surface area contributed by atoms with E-state index < -0.39 is 50.5 Å². The van der Waals surface area contributed by atoms with Crippen LogP contribution in [0.5, 0.6) is 0 Å². The third-order valence-corrected chi connectivity index (χ3v) is 5.13. The van der Waals surface area contributed by atoms with Crippen molar-refractivity contribution in [2.75, 3.05) is 13.6 Å². The van der Waals surface area contributed by atoms with E-state index in [1.165, 1.54) is 14.0 Å². The summed E-state index contributed by atoms with van der Waals surface area (Å²) in [7, 11) is -3.36. The molecule has 1 amide bonds. The molecule has 0 aliphatic carbocycles. The van der Waals surface area contributed by atoms with Crippen LogP contribution in [0.2, 0.25) is 0 Å². The average Bonchev–Trinajstić information content (AvgIpc) is 2.52. The molecule has 1 aromatic rings. The van der Waals surface area contributed by atoms with Gasteiger partial charge < -0.3 is 10.0 Å². The van der Waals surface area contributed by atoms with Gasteiger partial charge in [-0.2, -0.15) is 17.9 Å². The van der Waals surface area contributed by atoms with Crippen molar-refractivity contribution >= 4 is 21.9 Å².